The van der Waals surface area contributed by atoms with Crippen LogP contribution in [0, 0.1) is 0 Å². The van der Waals surface area contributed by atoms with Crippen LogP contribution in [0.5, 0.6) is 0 Å². The molecule has 2 unspecified atom stereocenters. The number of anilines is 1. The Hall–Kier alpha value is -2.61. The molecule has 0 aliphatic carbocycles. The number of likely N-dealkylation sites (tertiary alicyclic amines) is 1. The smallest absolute Gasteiger partial charge is 0.410 e. The van der Waals surface area contributed by atoms with Gasteiger partial charge in [-0.3, -0.25) is 4.90 Å². The molecule has 2 aromatic rings. The number of hydrogen-bond donors (Lipinski definition) is 1. The molecule has 9 heteroatoms. The quantitative estimate of drug-likeness (QED) is 0.739. The number of amides is 3. The van der Waals surface area contributed by atoms with Crippen molar-refractivity contribution < 1.29 is 14.3 Å². The van der Waals surface area contributed by atoms with Crippen LogP contribution >= 0.6 is 11.6 Å². The lowest BCUT2D eigenvalue weighted by Crippen LogP contribution is -2.53. The third kappa shape index (κ3) is 3.56. The van der Waals surface area contributed by atoms with E-state index in [2.05, 4.69) is 15.3 Å². The van der Waals surface area contributed by atoms with Gasteiger partial charge in [0.2, 0.25) is 0 Å². The first-order valence-corrected chi connectivity index (χ1v) is 9.59. The molecule has 3 amide bonds. The highest BCUT2D eigenvalue weighted by Gasteiger charge is 2.45. The van der Waals surface area contributed by atoms with Crippen LogP contribution in [0.4, 0.5) is 15.4 Å². The molecule has 148 valence electrons. The van der Waals surface area contributed by atoms with E-state index in [-0.39, 0.29) is 24.2 Å². The van der Waals surface area contributed by atoms with Gasteiger partial charge in [-0.05, 0) is 39.3 Å². The molecular weight excluding hydrogens is 382 g/mol. The predicted molar refractivity (Wildman–Crippen MR) is 106 cm³/mol. The lowest BCUT2D eigenvalue weighted by molar-refractivity contribution is 0.0189. The van der Waals surface area contributed by atoms with Gasteiger partial charge < -0.3 is 15.0 Å². The topological polar surface area (TPSA) is 87.7 Å². The Bertz CT molecular complexity index is 945. The molecule has 0 spiro atoms. The highest BCUT2D eigenvalue weighted by Crippen LogP contribution is 2.29. The van der Waals surface area contributed by atoms with Crippen molar-refractivity contribution in [1.29, 1.82) is 0 Å². The summed E-state index contributed by atoms with van der Waals surface area (Å²) in [6.07, 6.45) is 1.93. The molecule has 0 bridgehead atoms. The second-order valence-electron chi connectivity index (χ2n) is 8.08. The second kappa shape index (κ2) is 6.77. The Labute approximate surface area is 167 Å². The number of fused-ring (bicyclic) bond motifs is 2. The number of hydrogen-bond acceptors (Lipinski definition) is 5. The largest absolute Gasteiger partial charge is 0.444 e. The van der Waals surface area contributed by atoms with Crippen LogP contribution < -0.4 is 10.2 Å². The summed E-state index contributed by atoms with van der Waals surface area (Å²) in [5.74, 6) is 0.561. The number of pyridine rings is 2. The van der Waals surface area contributed by atoms with Crippen LogP contribution in [0.2, 0.25) is 5.15 Å². The van der Waals surface area contributed by atoms with Gasteiger partial charge in [0.25, 0.3) is 0 Å². The van der Waals surface area contributed by atoms with Crippen molar-refractivity contribution in [2.24, 2.45) is 0 Å². The van der Waals surface area contributed by atoms with Gasteiger partial charge in [-0.25, -0.2) is 19.6 Å². The average Bonchev–Trinajstić information content (AvgIpc) is 2.94. The summed E-state index contributed by atoms with van der Waals surface area (Å²) in [7, 11) is 0. The van der Waals surface area contributed by atoms with Crippen molar-refractivity contribution in [3.05, 3.63) is 29.5 Å². The SMILES string of the molecule is CC(C)(C)OC(=O)N1CCC2C(C1)NC(=O)N2c1ccc2cnc(Cl)cc2n1. The van der Waals surface area contributed by atoms with E-state index in [0.717, 1.165) is 5.39 Å². The maximum Gasteiger partial charge on any atom is 0.410 e. The number of carbonyl (C=O) groups excluding carboxylic acids is 2. The van der Waals surface area contributed by atoms with Crippen molar-refractivity contribution in [3.8, 4) is 0 Å². The number of piperidine rings is 1. The van der Waals surface area contributed by atoms with E-state index in [1.165, 1.54) is 0 Å². The Balaban J connectivity index is 1.54. The Morgan fingerprint density at radius 3 is 2.89 bits per heavy atom. The minimum atomic E-state index is -0.552. The zero-order chi connectivity index (χ0) is 20.1. The second-order valence-corrected chi connectivity index (χ2v) is 8.46. The molecule has 1 N–H and O–H groups in total. The maximum absolute atomic E-state index is 12.7. The van der Waals surface area contributed by atoms with E-state index in [1.54, 1.807) is 28.1 Å². The molecule has 2 atom stereocenters. The molecule has 2 saturated heterocycles. The van der Waals surface area contributed by atoms with Crippen molar-refractivity contribution >= 4 is 40.4 Å². The van der Waals surface area contributed by atoms with E-state index in [0.29, 0.717) is 36.0 Å². The molecule has 8 nitrogen and oxygen atoms in total. The summed E-state index contributed by atoms with van der Waals surface area (Å²) >= 11 is 5.97. The molecular formula is C19H22ClN5O3. The summed E-state index contributed by atoms with van der Waals surface area (Å²) in [6.45, 7) is 6.44. The zero-order valence-corrected chi connectivity index (χ0v) is 16.7. The normalized spacial score (nSPS) is 22.2. The summed E-state index contributed by atoms with van der Waals surface area (Å²) in [5.41, 5.74) is 0.129. The fourth-order valence-electron chi connectivity index (χ4n) is 3.65. The standard InChI is InChI=1S/C19H22ClN5O3/c1-19(2,3)28-18(27)24-7-6-14-13(10-24)23-17(26)25(14)16-5-4-11-9-21-15(20)8-12(11)22-16/h4-5,8-9,13-14H,6-7,10H2,1-3H3,(H,23,26). The Morgan fingerprint density at radius 1 is 1.36 bits per heavy atom. The van der Waals surface area contributed by atoms with Crippen LogP contribution in [0.3, 0.4) is 0 Å². The monoisotopic (exact) mass is 403 g/mol. The van der Waals surface area contributed by atoms with Crippen molar-refractivity contribution in [2.75, 3.05) is 18.0 Å². The minimum Gasteiger partial charge on any atom is -0.444 e. The third-order valence-electron chi connectivity index (χ3n) is 4.86. The van der Waals surface area contributed by atoms with Crippen molar-refractivity contribution in [1.82, 2.24) is 20.2 Å². The highest BCUT2D eigenvalue weighted by atomic mass is 35.5. The van der Waals surface area contributed by atoms with Gasteiger partial charge in [-0.1, -0.05) is 11.6 Å². The van der Waals surface area contributed by atoms with Crippen LogP contribution in [-0.4, -0.2) is 57.8 Å². The number of carbonyl (C=O) groups is 2. The van der Waals surface area contributed by atoms with E-state index < -0.39 is 5.60 Å². The number of ether oxygens (including phenoxy) is 1. The number of nitrogens with zero attached hydrogens (tertiary/aromatic N) is 4. The lowest BCUT2D eigenvalue weighted by Gasteiger charge is -2.37. The highest BCUT2D eigenvalue weighted by molar-refractivity contribution is 6.30. The summed E-state index contributed by atoms with van der Waals surface area (Å²) in [4.78, 5) is 37.0. The van der Waals surface area contributed by atoms with E-state index >= 15 is 0 Å². The van der Waals surface area contributed by atoms with Gasteiger partial charge in [-0.15, -0.1) is 0 Å². The Kier molecular flexibility index (Phi) is 4.53. The minimum absolute atomic E-state index is 0.0755. The summed E-state index contributed by atoms with van der Waals surface area (Å²) in [5, 5.41) is 4.17. The predicted octanol–water partition coefficient (Wildman–Crippen LogP) is 3.19. The number of nitrogens with one attached hydrogen (secondary N) is 1. The van der Waals surface area contributed by atoms with E-state index in [1.807, 2.05) is 26.8 Å². The maximum atomic E-state index is 12.7. The van der Waals surface area contributed by atoms with Crippen LogP contribution in [-0.2, 0) is 4.74 Å². The summed E-state index contributed by atoms with van der Waals surface area (Å²) in [6, 6.07) is 4.89. The van der Waals surface area contributed by atoms with E-state index in [4.69, 9.17) is 16.3 Å². The fourth-order valence-corrected chi connectivity index (χ4v) is 3.80. The molecule has 2 aliphatic heterocycles. The first-order chi connectivity index (χ1) is 13.2. The van der Waals surface area contributed by atoms with Gasteiger partial charge in [0.05, 0.1) is 17.6 Å². The average molecular weight is 404 g/mol. The van der Waals surface area contributed by atoms with Gasteiger partial charge in [0.1, 0.15) is 16.6 Å². The number of aromatic nitrogens is 2. The fraction of sp³-hybridized carbons (Fsp3) is 0.474. The van der Waals surface area contributed by atoms with Crippen LogP contribution in [0.15, 0.2) is 24.4 Å². The molecule has 0 aromatic carbocycles. The number of rotatable bonds is 1. The molecule has 0 radical (unpaired) electrons. The molecule has 28 heavy (non-hydrogen) atoms. The molecule has 2 aromatic heterocycles. The zero-order valence-electron chi connectivity index (χ0n) is 16.0. The first-order valence-electron chi connectivity index (χ1n) is 9.21. The summed E-state index contributed by atoms with van der Waals surface area (Å²) < 4.78 is 5.45. The van der Waals surface area contributed by atoms with Gasteiger partial charge in [-0.2, -0.15) is 0 Å². The lowest BCUT2D eigenvalue weighted by atomic mass is 10.00. The first kappa shape index (κ1) is 18.7. The molecule has 4 rings (SSSR count). The van der Waals surface area contributed by atoms with Crippen molar-refractivity contribution in [3.63, 3.8) is 0 Å². The number of halogens is 1. The Morgan fingerprint density at radius 2 is 2.14 bits per heavy atom. The van der Waals surface area contributed by atoms with Crippen molar-refractivity contribution in [2.45, 2.75) is 44.9 Å². The van der Waals surface area contributed by atoms with Gasteiger partial charge in [0, 0.05) is 30.7 Å². The third-order valence-corrected chi connectivity index (χ3v) is 5.07. The molecule has 4 heterocycles. The van der Waals surface area contributed by atoms with Crippen LogP contribution in [0.25, 0.3) is 10.9 Å². The van der Waals surface area contributed by atoms with Crippen LogP contribution in [0.1, 0.15) is 27.2 Å². The number of urea groups is 1. The van der Waals surface area contributed by atoms with E-state index in [9.17, 15) is 9.59 Å². The molecule has 2 fully saturated rings. The molecule has 2 aliphatic rings. The molecule has 0 saturated carbocycles. The van der Waals surface area contributed by atoms with Gasteiger partial charge >= 0.3 is 12.1 Å². The van der Waals surface area contributed by atoms with Gasteiger partial charge in [0.15, 0.2) is 0 Å².